The van der Waals surface area contributed by atoms with Gasteiger partial charge in [-0.15, -0.1) is 11.8 Å². The van der Waals surface area contributed by atoms with E-state index in [0.717, 1.165) is 78.9 Å². The lowest BCUT2D eigenvalue weighted by atomic mass is 9.74. The van der Waals surface area contributed by atoms with Crippen LogP contribution in [0, 0.1) is 22.9 Å². The molecule has 1 aromatic heterocycles. The summed E-state index contributed by atoms with van der Waals surface area (Å²) in [7, 11) is 1.62. The van der Waals surface area contributed by atoms with E-state index in [0.29, 0.717) is 56.7 Å². The molecule has 0 unspecified atom stereocenters. The quantitative estimate of drug-likeness (QED) is 0.212. The number of rotatable bonds is 12. The van der Waals surface area contributed by atoms with Crippen LogP contribution in [-0.4, -0.2) is 90.4 Å². The van der Waals surface area contributed by atoms with Crippen LogP contribution in [0.3, 0.4) is 0 Å². The number of methoxy groups -OCH3 is 1. The van der Waals surface area contributed by atoms with Gasteiger partial charge in [-0.05, 0) is 79.6 Å². The van der Waals surface area contributed by atoms with Crippen molar-refractivity contribution >= 4 is 22.7 Å². The van der Waals surface area contributed by atoms with Crippen LogP contribution in [-0.2, 0) is 11.3 Å². The van der Waals surface area contributed by atoms with Crippen LogP contribution >= 0.6 is 11.8 Å². The smallest absolute Gasteiger partial charge is 0.172 e. The molecule has 2 aliphatic rings. The molecular formula is C32H40F3N3O4S. The zero-order valence-electron chi connectivity index (χ0n) is 24.5. The van der Waals surface area contributed by atoms with E-state index in [4.69, 9.17) is 9.47 Å². The van der Waals surface area contributed by atoms with Crippen LogP contribution in [0.5, 0.6) is 5.75 Å². The number of hydrogen-bond acceptors (Lipinski definition) is 8. The summed E-state index contributed by atoms with van der Waals surface area (Å²) in [6.07, 6.45) is 3.79. The summed E-state index contributed by atoms with van der Waals surface area (Å²) in [4.78, 5) is 9.20. The predicted molar refractivity (Wildman–Crippen MR) is 161 cm³/mol. The molecule has 2 aliphatic heterocycles. The molecule has 0 radical (unpaired) electrons. The molecule has 234 valence electrons. The number of aliphatic hydroxyl groups is 2. The number of hydrogen-bond donors (Lipinski definition) is 2. The highest BCUT2D eigenvalue weighted by Crippen LogP contribution is 2.40. The molecule has 3 aromatic rings. The van der Waals surface area contributed by atoms with E-state index < -0.39 is 23.6 Å². The summed E-state index contributed by atoms with van der Waals surface area (Å²) in [5.41, 5.74) is 2.33. The Morgan fingerprint density at radius 2 is 1.84 bits per heavy atom. The van der Waals surface area contributed by atoms with Crippen LogP contribution in [0.25, 0.3) is 10.9 Å². The van der Waals surface area contributed by atoms with Gasteiger partial charge in [0.2, 0.25) is 0 Å². The van der Waals surface area contributed by atoms with Gasteiger partial charge in [0.15, 0.2) is 11.6 Å². The number of piperidine rings is 1. The molecule has 7 nitrogen and oxygen atoms in total. The molecule has 2 N–H and O–H groups in total. The number of nitrogens with zero attached hydrogens (tertiary/aromatic N) is 3. The highest BCUT2D eigenvalue weighted by atomic mass is 32.2. The number of aromatic nitrogens is 1. The van der Waals surface area contributed by atoms with E-state index >= 15 is 0 Å². The summed E-state index contributed by atoms with van der Waals surface area (Å²) < 4.78 is 52.0. The van der Waals surface area contributed by atoms with Gasteiger partial charge in [0.25, 0.3) is 0 Å². The average Bonchev–Trinajstić information content (AvgIpc) is 3.03. The number of pyridine rings is 1. The van der Waals surface area contributed by atoms with Crippen molar-refractivity contribution in [2.24, 2.45) is 5.41 Å². The third-order valence-electron chi connectivity index (χ3n) is 8.86. The maximum atomic E-state index is 14.0. The van der Waals surface area contributed by atoms with Gasteiger partial charge in [-0.25, -0.2) is 13.2 Å². The molecule has 2 saturated heterocycles. The Morgan fingerprint density at radius 1 is 1.07 bits per heavy atom. The van der Waals surface area contributed by atoms with Gasteiger partial charge in [-0.2, -0.15) is 0 Å². The number of benzene rings is 2. The van der Waals surface area contributed by atoms with E-state index in [1.54, 1.807) is 7.11 Å². The Bertz CT molecular complexity index is 1380. The molecule has 43 heavy (non-hydrogen) atoms. The van der Waals surface area contributed by atoms with Gasteiger partial charge in [-0.3, -0.25) is 9.88 Å². The first-order valence-corrected chi connectivity index (χ1v) is 15.8. The number of thioether (sulfide) groups is 1. The van der Waals surface area contributed by atoms with Crippen molar-refractivity contribution in [1.29, 1.82) is 0 Å². The lowest BCUT2D eigenvalue weighted by Crippen LogP contribution is -2.43. The van der Waals surface area contributed by atoms with Gasteiger partial charge < -0.3 is 24.6 Å². The Balaban J connectivity index is 1.22. The lowest BCUT2D eigenvalue weighted by molar-refractivity contribution is 0.0245. The van der Waals surface area contributed by atoms with Crippen molar-refractivity contribution in [2.45, 2.75) is 43.2 Å². The highest BCUT2D eigenvalue weighted by molar-refractivity contribution is 7.99. The minimum absolute atomic E-state index is 0.0255. The van der Waals surface area contributed by atoms with E-state index in [1.807, 2.05) is 24.4 Å². The van der Waals surface area contributed by atoms with E-state index in [-0.39, 0.29) is 16.9 Å². The Kier molecular flexibility index (Phi) is 10.8. The standard InChI is InChI=1S/C32H40F3N3O4S/c1-41-24-2-3-27-25(18-24)30(22(19-36-27)20-38-10-13-42-14-11-38)28(40)4-5-32(21-39)6-8-37(9-7-32)12-15-43-29-17-23(33)16-26(34)31(29)35/h2-3,16-19,28,39-40H,4-15,20-21H2,1H3/t28-/m1/s1. The Labute approximate surface area is 255 Å². The van der Waals surface area contributed by atoms with Crippen molar-refractivity contribution in [3.05, 3.63) is 65.1 Å². The number of halogens is 3. The summed E-state index contributed by atoms with van der Waals surface area (Å²) in [6.45, 7) is 5.84. The molecule has 0 amide bonds. The second-order valence-corrected chi connectivity index (χ2v) is 12.7. The molecule has 3 heterocycles. The van der Waals surface area contributed by atoms with Gasteiger partial charge >= 0.3 is 0 Å². The molecule has 2 aromatic carbocycles. The van der Waals surface area contributed by atoms with Crippen molar-refractivity contribution < 1.29 is 32.9 Å². The SMILES string of the molecule is COc1ccc2ncc(CN3CCOCC3)c([C@H](O)CCC3(CO)CCN(CCSc4cc(F)cc(F)c4F)CC3)c2c1. The van der Waals surface area contributed by atoms with E-state index in [1.165, 1.54) is 0 Å². The van der Waals surface area contributed by atoms with Crippen LogP contribution in [0.1, 0.15) is 42.9 Å². The lowest BCUT2D eigenvalue weighted by Gasteiger charge is -2.41. The topological polar surface area (TPSA) is 78.3 Å². The maximum Gasteiger partial charge on any atom is 0.172 e. The summed E-state index contributed by atoms with van der Waals surface area (Å²) >= 11 is 1.10. The average molecular weight is 620 g/mol. The summed E-state index contributed by atoms with van der Waals surface area (Å²) in [5.74, 6) is -1.79. The molecule has 0 saturated carbocycles. The second-order valence-electron chi connectivity index (χ2n) is 11.6. The number of aliphatic hydroxyl groups excluding tert-OH is 2. The molecule has 0 spiro atoms. The van der Waals surface area contributed by atoms with Crippen molar-refractivity contribution in [3.63, 3.8) is 0 Å². The first-order chi connectivity index (χ1) is 20.8. The third-order valence-corrected chi connectivity index (χ3v) is 9.85. The number of fused-ring (bicyclic) bond motifs is 1. The minimum atomic E-state index is -1.18. The predicted octanol–water partition coefficient (Wildman–Crippen LogP) is 5.17. The first kappa shape index (κ1) is 32.0. The second kappa shape index (κ2) is 14.6. The van der Waals surface area contributed by atoms with Crippen molar-refractivity contribution in [2.75, 3.05) is 65.4 Å². The molecule has 0 aliphatic carbocycles. The summed E-state index contributed by atoms with van der Waals surface area (Å²) in [6, 6.07) is 7.29. The van der Waals surface area contributed by atoms with Crippen LogP contribution in [0.4, 0.5) is 13.2 Å². The number of morpholine rings is 1. The zero-order chi connectivity index (χ0) is 30.4. The van der Waals surface area contributed by atoms with Gasteiger partial charge in [-0.1, -0.05) is 0 Å². The third kappa shape index (κ3) is 7.82. The normalized spacial score (nSPS) is 18.7. The summed E-state index contributed by atoms with van der Waals surface area (Å²) in [5, 5.41) is 23.0. The van der Waals surface area contributed by atoms with Crippen LogP contribution in [0.15, 0.2) is 41.4 Å². The molecule has 2 fully saturated rings. The zero-order valence-corrected chi connectivity index (χ0v) is 25.4. The number of ether oxygens (including phenoxy) is 2. The molecule has 1 atom stereocenters. The van der Waals surface area contributed by atoms with Gasteiger partial charge in [0.1, 0.15) is 11.6 Å². The Hall–Kier alpha value is -2.41. The highest BCUT2D eigenvalue weighted by Gasteiger charge is 2.35. The number of likely N-dealkylation sites (tertiary alicyclic amines) is 1. The molecule has 11 heteroatoms. The molecule has 0 bridgehead atoms. The van der Waals surface area contributed by atoms with E-state index in [9.17, 15) is 23.4 Å². The molecule has 5 rings (SSSR count). The fourth-order valence-corrected chi connectivity index (χ4v) is 7.12. The maximum absolute atomic E-state index is 14.0. The van der Waals surface area contributed by atoms with Crippen LogP contribution in [0.2, 0.25) is 0 Å². The minimum Gasteiger partial charge on any atom is -0.497 e. The van der Waals surface area contributed by atoms with Crippen molar-refractivity contribution in [1.82, 2.24) is 14.8 Å². The largest absolute Gasteiger partial charge is 0.497 e. The van der Waals surface area contributed by atoms with Crippen molar-refractivity contribution in [3.8, 4) is 5.75 Å². The fraction of sp³-hybridized carbons (Fsp3) is 0.531. The monoisotopic (exact) mass is 619 g/mol. The molecular weight excluding hydrogens is 579 g/mol. The van der Waals surface area contributed by atoms with Gasteiger partial charge in [0, 0.05) is 61.1 Å². The Morgan fingerprint density at radius 3 is 2.56 bits per heavy atom. The van der Waals surface area contributed by atoms with E-state index in [2.05, 4.69) is 14.8 Å². The first-order valence-electron chi connectivity index (χ1n) is 14.8. The fourth-order valence-electron chi connectivity index (χ4n) is 6.13. The van der Waals surface area contributed by atoms with Gasteiger partial charge in [0.05, 0.1) is 31.9 Å². The van der Waals surface area contributed by atoms with Crippen LogP contribution < -0.4 is 4.74 Å².